The Hall–Kier alpha value is -3.88. The number of aromatic nitrogens is 6. The fourth-order valence-corrected chi connectivity index (χ4v) is 2.41. The third-order valence-electron chi connectivity index (χ3n) is 3.65. The monoisotopic (exact) mass is 347 g/mol. The molecular formula is C17H13N7O2. The Balaban J connectivity index is 1.57. The van der Waals surface area contributed by atoms with E-state index < -0.39 is 5.91 Å². The molecule has 4 rings (SSSR count). The Morgan fingerprint density at radius 2 is 2.08 bits per heavy atom. The maximum atomic E-state index is 12.5. The van der Waals surface area contributed by atoms with Crippen LogP contribution in [0.3, 0.4) is 0 Å². The first-order valence-corrected chi connectivity index (χ1v) is 7.72. The maximum Gasteiger partial charge on any atom is 0.302 e. The van der Waals surface area contributed by atoms with Crippen molar-refractivity contribution >= 4 is 11.9 Å². The quantitative estimate of drug-likeness (QED) is 0.602. The molecule has 0 aliphatic rings. The van der Waals surface area contributed by atoms with Crippen molar-refractivity contribution in [2.45, 2.75) is 6.92 Å². The van der Waals surface area contributed by atoms with Crippen LogP contribution in [-0.2, 0) is 0 Å². The number of carbonyl (C=O) groups is 1. The van der Waals surface area contributed by atoms with Crippen molar-refractivity contribution in [1.29, 1.82) is 0 Å². The topological polar surface area (TPSA) is 112 Å². The summed E-state index contributed by atoms with van der Waals surface area (Å²) >= 11 is 0. The molecule has 26 heavy (non-hydrogen) atoms. The predicted molar refractivity (Wildman–Crippen MR) is 91.6 cm³/mol. The number of oxazole rings is 1. The summed E-state index contributed by atoms with van der Waals surface area (Å²) in [6.07, 6.45) is 7.69. The molecule has 0 bridgehead atoms. The summed E-state index contributed by atoms with van der Waals surface area (Å²) in [6, 6.07) is 7.34. The zero-order valence-electron chi connectivity index (χ0n) is 13.7. The molecule has 0 fully saturated rings. The average molecular weight is 347 g/mol. The molecule has 128 valence electrons. The highest BCUT2D eigenvalue weighted by molar-refractivity contribution is 6.02. The first-order valence-electron chi connectivity index (χ1n) is 7.72. The molecule has 4 aromatic heterocycles. The third-order valence-corrected chi connectivity index (χ3v) is 3.65. The van der Waals surface area contributed by atoms with Crippen LogP contribution in [0.2, 0.25) is 0 Å². The molecule has 4 heterocycles. The first-order chi connectivity index (χ1) is 12.7. The molecule has 9 heteroatoms. The van der Waals surface area contributed by atoms with Crippen molar-refractivity contribution in [3.63, 3.8) is 0 Å². The second kappa shape index (κ2) is 6.55. The largest absolute Gasteiger partial charge is 0.431 e. The normalized spacial score (nSPS) is 10.7. The van der Waals surface area contributed by atoms with Gasteiger partial charge < -0.3 is 4.42 Å². The van der Waals surface area contributed by atoms with E-state index >= 15 is 0 Å². The highest BCUT2D eigenvalue weighted by Crippen LogP contribution is 2.22. The van der Waals surface area contributed by atoms with E-state index in [1.54, 1.807) is 30.7 Å². The van der Waals surface area contributed by atoms with Crippen molar-refractivity contribution in [1.82, 2.24) is 29.9 Å². The highest BCUT2D eigenvalue weighted by Gasteiger charge is 2.18. The van der Waals surface area contributed by atoms with E-state index in [-0.39, 0.29) is 11.7 Å². The van der Waals surface area contributed by atoms with Gasteiger partial charge >= 0.3 is 6.01 Å². The molecule has 0 aliphatic heterocycles. The van der Waals surface area contributed by atoms with Crippen LogP contribution in [-0.4, -0.2) is 35.9 Å². The van der Waals surface area contributed by atoms with Gasteiger partial charge in [-0.25, -0.2) is 4.68 Å². The van der Waals surface area contributed by atoms with Crippen LogP contribution >= 0.6 is 0 Å². The summed E-state index contributed by atoms with van der Waals surface area (Å²) in [7, 11) is 0. The van der Waals surface area contributed by atoms with Crippen LogP contribution < -0.4 is 5.32 Å². The van der Waals surface area contributed by atoms with Gasteiger partial charge in [0.2, 0.25) is 0 Å². The Kier molecular flexibility index (Phi) is 3.94. The molecule has 0 saturated heterocycles. The second-order valence-electron chi connectivity index (χ2n) is 5.40. The van der Waals surface area contributed by atoms with E-state index in [9.17, 15) is 4.79 Å². The molecule has 0 saturated carbocycles. The maximum absolute atomic E-state index is 12.5. The van der Waals surface area contributed by atoms with Gasteiger partial charge in [-0.15, -0.1) is 5.10 Å². The van der Waals surface area contributed by atoms with E-state index in [0.29, 0.717) is 17.1 Å². The number of carbonyl (C=O) groups excluding carboxylic acids is 1. The van der Waals surface area contributed by atoms with Crippen LogP contribution in [0.4, 0.5) is 6.01 Å². The summed E-state index contributed by atoms with van der Waals surface area (Å²) in [5.41, 5.74) is 3.03. The lowest BCUT2D eigenvalue weighted by Crippen LogP contribution is -2.17. The van der Waals surface area contributed by atoms with Gasteiger partial charge in [-0.1, -0.05) is 11.3 Å². The van der Waals surface area contributed by atoms with Crippen LogP contribution in [0.15, 0.2) is 59.7 Å². The van der Waals surface area contributed by atoms with Gasteiger partial charge in [0.1, 0.15) is 12.0 Å². The van der Waals surface area contributed by atoms with Gasteiger partial charge in [0.05, 0.1) is 23.8 Å². The minimum atomic E-state index is -0.454. The summed E-state index contributed by atoms with van der Waals surface area (Å²) in [6.45, 7) is 1.92. The molecule has 4 aromatic rings. The number of rotatable bonds is 4. The molecule has 9 nitrogen and oxygen atoms in total. The Morgan fingerprint density at radius 3 is 2.88 bits per heavy atom. The molecule has 1 N–H and O–H groups in total. The van der Waals surface area contributed by atoms with Gasteiger partial charge in [-0.05, 0) is 30.7 Å². The smallest absolute Gasteiger partial charge is 0.302 e. The van der Waals surface area contributed by atoms with E-state index in [1.807, 2.05) is 19.1 Å². The van der Waals surface area contributed by atoms with E-state index in [4.69, 9.17) is 4.42 Å². The predicted octanol–water partition coefficient (Wildman–Crippen LogP) is 2.27. The number of anilines is 1. The molecule has 0 radical (unpaired) electrons. The van der Waals surface area contributed by atoms with Gasteiger partial charge in [0, 0.05) is 12.4 Å². The van der Waals surface area contributed by atoms with Crippen LogP contribution in [0.5, 0.6) is 0 Å². The minimum Gasteiger partial charge on any atom is -0.431 e. The Labute approximate surface area is 147 Å². The molecule has 0 spiro atoms. The number of nitrogens with zero attached hydrogens (tertiary/aromatic N) is 6. The van der Waals surface area contributed by atoms with E-state index in [2.05, 4.69) is 30.6 Å². The molecule has 0 unspecified atom stereocenters. The summed E-state index contributed by atoms with van der Waals surface area (Å²) in [5, 5.41) is 10.3. The van der Waals surface area contributed by atoms with Crippen molar-refractivity contribution < 1.29 is 9.21 Å². The van der Waals surface area contributed by atoms with Crippen LogP contribution in [0, 0.1) is 6.92 Å². The first kappa shape index (κ1) is 15.6. The molecule has 1 amide bonds. The van der Waals surface area contributed by atoms with E-state index in [0.717, 1.165) is 5.56 Å². The number of amides is 1. The van der Waals surface area contributed by atoms with Crippen LogP contribution in [0.25, 0.3) is 17.1 Å². The fourth-order valence-electron chi connectivity index (χ4n) is 2.41. The third kappa shape index (κ3) is 2.93. The SMILES string of the molecule is Cc1cccnc1-c1coc(NC(=O)c2cnnn2-c2cccnc2)n1. The lowest BCUT2D eigenvalue weighted by atomic mass is 10.2. The van der Waals surface area contributed by atoms with Gasteiger partial charge in [-0.3, -0.25) is 20.1 Å². The Bertz CT molecular complexity index is 1060. The Morgan fingerprint density at radius 1 is 1.19 bits per heavy atom. The van der Waals surface area contributed by atoms with Gasteiger partial charge in [0.15, 0.2) is 5.69 Å². The zero-order valence-corrected chi connectivity index (χ0v) is 13.7. The minimum absolute atomic E-state index is 0.0639. The molecule has 0 aromatic carbocycles. The van der Waals surface area contributed by atoms with Crippen LogP contribution in [0.1, 0.15) is 16.1 Å². The number of aryl methyl sites for hydroxylation is 1. The standard InChI is InChI=1S/C17H13N7O2/c1-11-4-2-7-19-15(11)13-10-26-17(21-13)22-16(25)14-9-20-23-24(14)12-5-3-6-18-8-12/h2-10H,1H3,(H,21,22,25). The fraction of sp³-hybridized carbons (Fsp3) is 0.0588. The van der Waals surface area contributed by atoms with Crippen molar-refractivity contribution in [3.05, 3.63) is 66.6 Å². The number of nitrogens with one attached hydrogen (secondary N) is 1. The highest BCUT2D eigenvalue weighted by atomic mass is 16.4. The van der Waals surface area contributed by atoms with Crippen molar-refractivity contribution in [2.24, 2.45) is 0 Å². The second-order valence-corrected chi connectivity index (χ2v) is 5.40. The summed E-state index contributed by atoms with van der Waals surface area (Å²) in [5.74, 6) is -0.454. The number of hydrogen-bond donors (Lipinski definition) is 1. The van der Waals surface area contributed by atoms with E-state index in [1.165, 1.54) is 17.1 Å². The van der Waals surface area contributed by atoms with Gasteiger partial charge in [-0.2, -0.15) is 4.98 Å². The number of hydrogen-bond acceptors (Lipinski definition) is 7. The lowest BCUT2D eigenvalue weighted by Gasteiger charge is -2.04. The van der Waals surface area contributed by atoms with Gasteiger partial charge in [0.25, 0.3) is 5.91 Å². The molecule has 0 aliphatic carbocycles. The lowest BCUT2D eigenvalue weighted by molar-refractivity contribution is 0.101. The molecular weight excluding hydrogens is 334 g/mol. The summed E-state index contributed by atoms with van der Waals surface area (Å²) in [4.78, 5) is 25.1. The zero-order chi connectivity index (χ0) is 17.9. The van der Waals surface area contributed by atoms with Crippen molar-refractivity contribution in [3.8, 4) is 17.1 Å². The van der Waals surface area contributed by atoms with Crippen molar-refractivity contribution in [2.75, 3.05) is 5.32 Å². The summed E-state index contributed by atoms with van der Waals surface area (Å²) < 4.78 is 6.73. The molecule has 0 atom stereocenters. The number of pyridine rings is 2. The average Bonchev–Trinajstić information content (AvgIpc) is 3.32.